The SMILES string of the molecule is Cc1ccc(C#N)c(Nc2ncnn3ccc(CN4CCC(N)CC4)c23)c1. The molecule has 1 aliphatic rings. The summed E-state index contributed by atoms with van der Waals surface area (Å²) in [6.45, 7) is 4.85. The van der Waals surface area contributed by atoms with E-state index >= 15 is 0 Å². The Morgan fingerprint density at radius 1 is 1.30 bits per heavy atom. The van der Waals surface area contributed by atoms with Gasteiger partial charge in [-0.05, 0) is 62.2 Å². The Labute approximate surface area is 158 Å². The van der Waals surface area contributed by atoms with Crippen LogP contribution < -0.4 is 11.1 Å². The van der Waals surface area contributed by atoms with Gasteiger partial charge in [-0.2, -0.15) is 10.4 Å². The molecule has 2 aromatic heterocycles. The number of aryl methyl sites for hydroxylation is 1. The van der Waals surface area contributed by atoms with Gasteiger partial charge in [0, 0.05) is 18.8 Å². The molecule has 0 atom stereocenters. The zero-order valence-corrected chi connectivity index (χ0v) is 15.4. The van der Waals surface area contributed by atoms with Gasteiger partial charge in [-0.3, -0.25) is 4.90 Å². The molecule has 7 heteroatoms. The summed E-state index contributed by atoms with van der Waals surface area (Å²) in [5.74, 6) is 0.709. The highest BCUT2D eigenvalue weighted by molar-refractivity contribution is 5.78. The maximum atomic E-state index is 9.41. The Kier molecular flexibility index (Phi) is 4.75. The van der Waals surface area contributed by atoms with Crippen LogP contribution in [-0.4, -0.2) is 38.6 Å². The number of piperidine rings is 1. The van der Waals surface area contributed by atoms with E-state index in [4.69, 9.17) is 5.73 Å². The molecule has 138 valence electrons. The number of nitrogens with zero attached hydrogens (tertiary/aromatic N) is 5. The highest BCUT2D eigenvalue weighted by Gasteiger charge is 2.19. The van der Waals surface area contributed by atoms with E-state index in [0.29, 0.717) is 17.4 Å². The maximum absolute atomic E-state index is 9.41. The average molecular weight is 361 g/mol. The second kappa shape index (κ2) is 7.35. The normalized spacial score (nSPS) is 15.7. The van der Waals surface area contributed by atoms with Crippen molar-refractivity contribution in [2.75, 3.05) is 18.4 Å². The lowest BCUT2D eigenvalue weighted by atomic mass is 10.1. The summed E-state index contributed by atoms with van der Waals surface area (Å²) in [6.07, 6.45) is 5.54. The first-order valence-corrected chi connectivity index (χ1v) is 9.21. The lowest BCUT2D eigenvalue weighted by Gasteiger charge is -2.29. The van der Waals surface area contributed by atoms with Crippen LogP contribution in [0.25, 0.3) is 5.52 Å². The summed E-state index contributed by atoms with van der Waals surface area (Å²) in [4.78, 5) is 6.87. The summed E-state index contributed by atoms with van der Waals surface area (Å²) in [7, 11) is 0. The molecule has 0 unspecified atom stereocenters. The lowest BCUT2D eigenvalue weighted by molar-refractivity contribution is 0.206. The van der Waals surface area contributed by atoms with Crippen LogP contribution in [-0.2, 0) is 6.54 Å². The first-order chi connectivity index (χ1) is 13.1. The van der Waals surface area contributed by atoms with Gasteiger partial charge in [0.25, 0.3) is 0 Å². The van der Waals surface area contributed by atoms with Crippen molar-refractivity contribution in [1.82, 2.24) is 19.5 Å². The van der Waals surface area contributed by atoms with E-state index in [1.807, 2.05) is 35.8 Å². The monoisotopic (exact) mass is 361 g/mol. The van der Waals surface area contributed by atoms with Crippen molar-refractivity contribution < 1.29 is 0 Å². The Morgan fingerprint density at radius 2 is 2.11 bits per heavy atom. The molecule has 3 aromatic rings. The van der Waals surface area contributed by atoms with Gasteiger partial charge in [0.05, 0.1) is 11.3 Å². The second-order valence-corrected chi connectivity index (χ2v) is 7.14. The third-order valence-electron chi connectivity index (χ3n) is 5.11. The van der Waals surface area contributed by atoms with Crippen molar-refractivity contribution in [2.24, 2.45) is 5.73 Å². The summed E-state index contributed by atoms with van der Waals surface area (Å²) in [6, 6.07) is 10.4. The molecule has 1 aliphatic heterocycles. The molecule has 0 spiro atoms. The Bertz CT molecular complexity index is 993. The number of aromatic nitrogens is 3. The third-order valence-corrected chi connectivity index (χ3v) is 5.11. The van der Waals surface area contributed by atoms with Gasteiger partial charge >= 0.3 is 0 Å². The topological polar surface area (TPSA) is 95.3 Å². The molecule has 0 amide bonds. The van der Waals surface area contributed by atoms with E-state index in [9.17, 15) is 5.26 Å². The molecule has 0 saturated carbocycles. The number of nitrogens with one attached hydrogen (secondary N) is 1. The van der Waals surface area contributed by atoms with Crippen LogP contribution in [0.1, 0.15) is 29.5 Å². The van der Waals surface area contributed by atoms with Gasteiger partial charge in [0.2, 0.25) is 0 Å². The van der Waals surface area contributed by atoms with Crippen LogP contribution in [0, 0.1) is 18.3 Å². The number of hydrogen-bond acceptors (Lipinski definition) is 6. The van der Waals surface area contributed by atoms with Crippen molar-refractivity contribution in [3.05, 3.63) is 53.5 Å². The highest BCUT2D eigenvalue weighted by Crippen LogP contribution is 2.27. The van der Waals surface area contributed by atoms with Gasteiger partial charge in [-0.15, -0.1) is 0 Å². The van der Waals surface area contributed by atoms with Crippen molar-refractivity contribution in [3.63, 3.8) is 0 Å². The zero-order valence-electron chi connectivity index (χ0n) is 15.4. The molecular weight excluding hydrogens is 338 g/mol. The number of hydrogen-bond donors (Lipinski definition) is 2. The maximum Gasteiger partial charge on any atom is 0.158 e. The standard InChI is InChI=1S/C20H23N7/c1-14-2-3-15(11-21)18(10-14)25-20-19-16(4-9-27(19)24-13-23-20)12-26-7-5-17(22)6-8-26/h2-4,9-10,13,17H,5-8,12,22H2,1H3,(H,23,24,25). The largest absolute Gasteiger partial charge is 0.337 e. The Hall–Kier alpha value is -2.95. The lowest BCUT2D eigenvalue weighted by Crippen LogP contribution is -2.39. The predicted molar refractivity (Wildman–Crippen MR) is 105 cm³/mol. The van der Waals surface area contributed by atoms with E-state index < -0.39 is 0 Å². The van der Waals surface area contributed by atoms with Gasteiger partial charge in [0.1, 0.15) is 17.9 Å². The summed E-state index contributed by atoms with van der Waals surface area (Å²) < 4.78 is 1.84. The Balaban J connectivity index is 1.67. The van der Waals surface area contributed by atoms with Crippen LogP contribution in [0.2, 0.25) is 0 Å². The number of anilines is 2. The van der Waals surface area contributed by atoms with Gasteiger partial charge in [0.15, 0.2) is 5.82 Å². The van der Waals surface area contributed by atoms with Crippen LogP contribution >= 0.6 is 0 Å². The fraction of sp³-hybridized carbons (Fsp3) is 0.350. The molecule has 27 heavy (non-hydrogen) atoms. The molecule has 1 aromatic carbocycles. The summed E-state index contributed by atoms with van der Waals surface area (Å²) >= 11 is 0. The molecule has 0 bridgehead atoms. The summed E-state index contributed by atoms with van der Waals surface area (Å²) in [5.41, 5.74) is 10.6. The zero-order chi connectivity index (χ0) is 18.8. The van der Waals surface area contributed by atoms with E-state index in [-0.39, 0.29) is 0 Å². The molecule has 7 nitrogen and oxygen atoms in total. The van der Waals surface area contributed by atoms with E-state index in [2.05, 4.69) is 32.4 Å². The van der Waals surface area contributed by atoms with Crippen molar-refractivity contribution >= 4 is 17.0 Å². The van der Waals surface area contributed by atoms with Crippen LogP contribution in [0.5, 0.6) is 0 Å². The minimum absolute atomic E-state index is 0.318. The smallest absolute Gasteiger partial charge is 0.158 e. The van der Waals surface area contributed by atoms with Gasteiger partial charge in [-0.1, -0.05) is 6.07 Å². The molecular formula is C20H23N7. The number of nitrogens with two attached hydrogens (primary N) is 1. The predicted octanol–water partition coefficient (Wildman–Crippen LogP) is 2.58. The van der Waals surface area contributed by atoms with Crippen molar-refractivity contribution in [3.8, 4) is 6.07 Å². The number of fused-ring (bicyclic) bond motifs is 1. The fourth-order valence-corrected chi connectivity index (χ4v) is 3.58. The fourth-order valence-electron chi connectivity index (χ4n) is 3.58. The van der Waals surface area contributed by atoms with Gasteiger partial charge < -0.3 is 11.1 Å². The second-order valence-electron chi connectivity index (χ2n) is 7.14. The molecule has 0 radical (unpaired) electrons. The quantitative estimate of drug-likeness (QED) is 0.741. The number of rotatable bonds is 4. The van der Waals surface area contributed by atoms with Crippen molar-refractivity contribution in [2.45, 2.75) is 32.4 Å². The van der Waals surface area contributed by atoms with Gasteiger partial charge in [-0.25, -0.2) is 9.50 Å². The summed E-state index contributed by atoms with van der Waals surface area (Å²) in [5, 5.41) is 17.1. The molecule has 1 fully saturated rings. The van der Waals surface area contributed by atoms with Crippen LogP contribution in [0.15, 0.2) is 36.8 Å². The Morgan fingerprint density at radius 3 is 2.89 bits per heavy atom. The van der Waals surface area contributed by atoms with E-state index in [1.165, 1.54) is 11.9 Å². The number of nitriles is 1. The average Bonchev–Trinajstić information content (AvgIpc) is 3.08. The number of likely N-dealkylation sites (tertiary alicyclic amines) is 1. The molecule has 4 rings (SSSR count). The van der Waals surface area contributed by atoms with E-state index in [1.54, 1.807) is 0 Å². The van der Waals surface area contributed by atoms with Crippen molar-refractivity contribution in [1.29, 1.82) is 5.26 Å². The molecule has 1 saturated heterocycles. The van der Waals surface area contributed by atoms with Crippen LogP contribution in [0.4, 0.5) is 11.5 Å². The molecule has 3 heterocycles. The molecule has 0 aliphatic carbocycles. The highest BCUT2D eigenvalue weighted by atomic mass is 15.3. The van der Waals surface area contributed by atoms with Crippen LogP contribution in [0.3, 0.4) is 0 Å². The number of benzene rings is 1. The minimum Gasteiger partial charge on any atom is -0.337 e. The first-order valence-electron chi connectivity index (χ1n) is 9.21. The molecule has 3 N–H and O–H groups in total. The minimum atomic E-state index is 0.318. The third kappa shape index (κ3) is 3.63. The van der Waals surface area contributed by atoms with E-state index in [0.717, 1.165) is 49.2 Å². The first kappa shape index (κ1) is 17.5.